The molecule has 0 saturated carbocycles. The molecule has 50 valence electrons. The predicted octanol–water partition coefficient (Wildman–Crippen LogP) is 1.86. The quantitative estimate of drug-likeness (QED) is 0.307. The third-order valence-electron chi connectivity index (χ3n) is 0.771. The monoisotopic (exact) mass is 168 g/mol. The summed E-state index contributed by atoms with van der Waals surface area (Å²) in [6.07, 6.45) is 2.09. The van der Waals surface area contributed by atoms with Crippen LogP contribution in [-0.4, -0.2) is 16.3 Å². The molecule has 1 aliphatic heterocycles. The highest BCUT2D eigenvalue weighted by Gasteiger charge is 2.12. The average Bonchev–Trinajstić information content (AvgIpc) is 1.80. The topological polar surface area (TPSA) is 15.6 Å². The highest BCUT2D eigenvalue weighted by atomic mass is 35.5. The number of aliphatic imine (C=N–C) groups is 1. The highest BCUT2D eigenvalue weighted by molar-refractivity contribution is 6.26. The lowest BCUT2D eigenvalue weighted by Gasteiger charge is -2.15. The summed E-state index contributed by atoms with van der Waals surface area (Å²) < 4.78 is 13.1. The van der Waals surface area contributed by atoms with E-state index in [9.17, 15) is 4.39 Å². The van der Waals surface area contributed by atoms with E-state index >= 15 is 0 Å². The maximum absolute atomic E-state index is 12.1. The molecule has 0 radical (unpaired) electrons. The lowest BCUT2D eigenvalue weighted by molar-refractivity contribution is 0.528. The van der Waals surface area contributed by atoms with Gasteiger partial charge in [0.2, 0.25) is 5.62 Å². The van der Waals surface area contributed by atoms with Gasteiger partial charge in [-0.1, -0.05) is 11.6 Å². The van der Waals surface area contributed by atoms with Crippen LogP contribution in [0.5, 0.6) is 0 Å². The molecule has 0 aliphatic carbocycles. The molecular formula is C4H3Cl2FN2. The zero-order chi connectivity index (χ0) is 6.85. The van der Waals surface area contributed by atoms with Crippen molar-refractivity contribution in [1.29, 1.82) is 0 Å². The Bertz CT molecular complexity index is 168. The molecule has 0 aromatic rings. The molecule has 1 aliphatic rings. The first-order chi connectivity index (χ1) is 4.20. The summed E-state index contributed by atoms with van der Waals surface area (Å²) in [6, 6.07) is 0. The summed E-state index contributed by atoms with van der Waals surface area (Å²) in [5.41, 5.74) is -0.689. The van der Waals surface area contributed by atoms with Crippen LogP contribution < -0.4 is 0 Å². The molecule has 0 fully saturated rings. The molecule has 2 nitrogen and oxygen atoms in total. The molecule has 0 amide bonds. The van der Waals surface area contributed by atoms with Crippen molar-refractivity contribution in [3.63, 3.8) is 0 Å². The Labute approximate surface area is 61.7 Å². The normalized spacial score (nSPS) is 26.3. The largest absolute Gasteiger partial charge is 0.252 e. The van der Waals surface area contributed by atoms with Crippen molar-refractivity contribution in [2.75, 3.05) is 0 Å². The van der Waals surface area contributed by atoms with Crippen LogP contribution >= 0.6 is 23.4 Å². The number of hydrogen-bond donors (Lipinski definition) is 0. The lowest BCUT2D eigenvalue weighted by Crippen LogP contribution is -2.17. The number of alkyl halides is 1. The van der Waals surface area contributed by atoms with Gasteiger partial charge in [0.15, 0.2) is 5.83 Å². The molecular weight excluding hydrogens is 166 g/mol. The molecule has 0 spiro atoms. The van der Waals surface area contributed by atoms with Crippen LogP contribution in [0.15, 0.2) is 17.0 Å². The van der Waals surface area contributed by atoms with Gasteiger partial charge in [0.05, 0.1) is 12.4 Å². The third kappa shape index (κ3) is 1.56. The van der Waals surface area contributed by atoms with Gasteiger partial charge in [-0.15, -0.1) is 0 Å². The molecule has 1 rings (SSSR count). The molecule has 0 saturated heterocycles. The van der Waals surface area contributed by atoms with Crippen LogP contribution in [-0.2, 0) is 0 Å². The van der Waals surface area contributed by atoms with Crippen LogP contribution in [0.25, 0.3) is 0 Å². The van der Waals surface area contributed by atoms with Gasteiger partial charge in [-0.2, -0.15) is 0 Å². The van der Waals surface area contributed by atoms with Crippen molar-refractivity contribution in [3.8, 4) is 0 Å². The van der Waals surface area contributed by atoms with Gasteiger partial charge in [-0.25, -0.2) is 9.38 Å². The van der Waals surface area contributed by atoms with E-state index in [0.717, 1.165) is 16.8 Å². The molecule has 5 heteroatoms. The van der Waals surface area contributed by atoms with Crippen molar-refractivity contribution in [2.45, 2.75) is 5.62 Å². The molecule has 9 heavy (non-hydrogen) atoms. The summed E-state index contributed by atoms with van der Waals surface area (Å²) in [6.45, 7) is 0. The predicted molar refractivity (Wildman–Crippen MR) is 35.0 cm³/mol. The fourth-order valence-electron chi connectivity index (χ4n) is 0.409. The van der Waals surface area contributed by atoms with E-state index in [-0.39, 0.29) is 0 Å². The summed E-state index contributed by atoms with van der Waals surface area (Å²) in [7, 11) is 0. The molecule has 0 N–H and O–H groups in total. The van der Waals surface area contributed by atoms with Crippen LogP contribution in [0, 0.1) is 0 Å². The first-order valence-electron chi connectivity index (χ1n) is 2.19. The summed E-state index contributed by atoms with van der Waals surface area (Å²) >= 11 is 10.8. The van der Waals surface area contributed by atoms with E-state index in [4.69, 9.17) is 23.4 Å². The zero-order valence-corrected chi connectivity index (χ0v) is 5.77. The van der Waals surface area contributed by atoms with Gasteiger partial charge in [-0.3, -0.25) is 4.42 Å². The second-order valence-electron chi connectivity index (χ2n) is 1.45. The molecule has 1 heterocycles. The molecule has 0 aromatic carbocycles. The van der Waals surface area contributed by atoms with Gasteiger partial charge in [0.25, 0.3) is 0 Å². The number of allylic oxidation sites excluding steroid dienone is 1. The van der Waals surface area contributed by atoms with Crippen LogP contribution in [0.3, 0.4) is 0 Å². The summed E-state index contributed by atoms with van der Waals surface area (Å²) in [5.74, 6) is -0.498. The minimum Gasteiger partial charge on any atom is -0.252 e. The standard InChI is InChI=1S/C4H3Cl2FN2/c5-4-8-1-3(7)2-9(4)6/h1-2,4H. The number of rotatable bonds is 0. The SMILES string of the molecule is FC1=CN(Cl)C(Cl)N=C1. The van der Waals surface area contributed by atoms with Crippen molar-refractivity contribution in [2.24, 2.45) is 4.99 Å². The fraction of sp³-hybridized carbons (Fsp3) is 0.250. The Hall–Kier alpha value is -0.280. The number of nitrogens with zero attached hydrogens (tertiary/aromatic N) is 2. The Balaban J connectivity index is 2.70. The van der Waals surface area contributed by atoms with Gasteiger partial charge < -0.3 is 0 Å². The minimum absolute atomic E-state index is 0.498. The fourth-order valence-corrected chi connectivity index (χ4v) is 0.665. The third-order valence-corrected chi connectivity index (χ3v) is 1.48. The van der Waals surface area contributed by atoms with E-state index in [2.05, 4.69) is 4.99 Å². The van der Waals surface area contributed by atoms with E-state index in [1.807, 2.05) is 0 Å². The van der Waals surface area contributed by atoms with Gasteiger partial charge in [0.1, 0.15) is 0 Å². The summed E-state index contributed by atoms with van der Waals surface area (Å²) in [5, 5.41) is 0. The zero-order valence-electron chi connectivity index (χ0n) is 4.26. The van der Waals surface area contributed by atoms with E-state index < -0.39 is 11.5 Å². The molecule has 0 aromatic heterocycles. The van der Waals surface area contributed by atoms with Gasteiger partial charge >= 0.3 is 0 Å². The number of halogens is 3. The second-order valence-corrected chi connectivity index (χ2v) is 2.23. The van der Waals surface area contributed by atoms with Crippen molar-refractivity contribution < 1.29 is 4.39 Å². The minimum atomic E-state index is -0.689. The van der Waals surface area contributed by atoms with Gasteiger partial charge in [0, 0.05) is 11.8 Å². The Kier molecular flexibility index (Phi) is 1.93. The van der Waals surface area contributed by atoms with E-state index in [0.29, 0.717) is 0 Å². The van der Waals surface area contributed by atoms with E-state index in [1.165, 1.54) is 0 Å². The molecule has 1 atom stereocenters. The van der Waals surface area contributed by atoms with E-state index in [1.54, 1.807) is 0 Å². The smallest absolute Gasteiger partial charge is 0.210 e. The van der Waals surface area contributed by atoms with Crippen LogP contribution in [0.2, 0.25) is 0 Å². The van der Waals surface area contributed by atoms with Crippen LogP contribution in [0.1, 0.15) is 0 Å². The van der Waals surface area contributed by atoms with Crippen molar-refractivity contribution >= 4 is 29.6 Å². The maximum atomic E-state index is 12.1. The summed E-state index contributed by atoms with van der Waals surface area (Å²) in [4.78, 5) is 3.48. The highest BCUT2D eigenvalue weighted by Crippen LogP contribution is 2.15. The van der Waals surface area contributed by atoms with Crippen molar-refractivity contribution in [3.05, 3.63) is 12.0 Å². The molecule has 0 bridgehead atoms. The second kappa shape index (κ2) is 2.54. The Morgan fingerprint density at radius 3 is 2.89 bits per heavy atom. The maximum Gasteiger partial charge on any atom is 0.210 e. The van der Waals surface area contributed by atoms with Crippen LogP contribution in [0.4, 0.5) is 4.39 Å². The first-order valence-corrected chi connectivity index (χ1v) is 2.96. The van der Waals surface area contributed by atoms with Gasteiger partial charge in [-0.05, 0) is 0 Å². The average molecular weight is 169 g/mol. The Morgan fingerprint density at radius 1 is 1.78 bits per heavy atom. The Morgan fingerprint density at radius 2 is 2.44 bits per heavy atom. The first kappa shape index (κ1) is 6.83. The number of hydrogen-bond acceptors (Lipinski definition) is 2. The van der Waals surface area contributed by atoms with Crippen molar-refractivity contribution in [1.82, 2.24) is 4.42 Å². The lowest BCUT2D eigenvalue weighted by atomic mass is 10.6. The molecule has 1 unspecified atom stereocenters.